The molecule has 2 N–H and O–H groups in total. The number of imide groups is 1. The molecule has 1 saturated heterocycles. The zero-order chi connectivity index (χ0) is 15.0. The van der Waals surface area contributed by atoms with E-state index in [2.05, 4.69) is 12.2 Å². The lowest BCUT2D eigenvalue weighted by Gasteiger charge is -2.40. The minimum atomic E-state index is -0.699. The van der Waals surface area contributed by atoms with Crippen LogP contribution < -0.4 is 5.32 Å². The van der Waals surface area contributed by atoms with Crippen LogP contribution in [0.4, 0.5) is 4.79 Å². The van der Waals surface area contributed by atoms with Gasteiger partial charge in [-0.1, -0.05) is 19.1 Å². The van der Waals surface area contributed by atoms with E-state index >= 15 is 0 Å². The summed E-state index contributed by atoms with van der Waals surface area (Å²) in [6, 6.07) is 6.51. The van der Waals surface area contributed by atoms with Crippen molar-refractivity contribution in [3.05, 3.63) is 29.8 Å². The van der Waals surface area contributed by atoms with Gasteiger partial charge in [-0.2, -0.15) is 0 Å². The van der Waals surface area contributed by atoms with Crippen molar-refractivity contribution in [1.82, 2.24) is 10.2 Å². The van der Waals surface area contributed by atoms with Crippen LogP contribution in [0.3, 0.4) is 0 Å². The van der Waals surface area contributed by atoms with E-state index in [-0.39, 0.29) is 17.7 Å². The van der Waals surface area contributed by atoms with Crippen LogP contribution in [-0.4, -0.2) is 27.5 Å². The predicted molar refractivity (Wildman–Crippen MR) is 77.6 cm³/mol. The van der Waals surface area contributed by atoms with Crippen LogP contribution in [0, 0.1) is 5.92 Å². The van der Waals surface area contributed by atoms with Gasteiger partial charge in [0, 0.05) is 6.54 Å². The lowest BCUT2D eigenvalue weighted by Crippen LogP contribution is -2.51. The van der Waals surface area contributed by atoms with Gasteiger partial charge in [-0.3, -0.25) is 10.1 Å². The topological polar surface area (TPSA) is 69.6 Å². The number of amides is 3. The van der Waals surface area contributed by atoms with E-state index in [1.54, 1.807) is 23.1 Å². The molecule has 1 aliphatic carbocycles. The Balaban J connectivity index is 1.87. The molecule has 1 spiro atoms. The summed E-state index contributed by atoms with van der Waals surface area (Å²) >= 11 is 0. The number of phenolic OH excluding ortho intramolecular Hbond substituents is 1. The van der Waals surface area contributed by atoms with Crippen LogP contribution in [-0.2, 0) is 11.3 Å². The second kappa shape index (κ2) is 5.06. The number of hydrogen-bond donors (Lipinski definition) is 2. The maximum atomic E-state index is 12.3. The molecule has 1 aliphatic heterocycles. The number of nitrogens with zero attached hydrogens (tertiary/aromatic N) is 1. The molecule has 0 atom stereocenters. The maximum Gasteiger partial charge on any atom is 0.325 e. The van der Waals surface area contributed by atoms with Crippen molar-refractivity contribution in [2.24, 2.45) is 5.92 Å². The average molecular weight is 288 g/mol. The fourth-order valence-electron chi connectivity index (χ4n) is 3.40. The van der Waals surface area contributed by atoms with Crippen molar-refractivity contribution in [3.8, 4) is 5.75 Å². The third-order valence-electron chi connectivity index (χ3n) is 4.76. The van der Waals surface area contributed by atoms with E-state index in [0.717, 1.165) is 18.4 Å². The van der Waals surface area contributed by atoms with Gasteiger partial charge in [-0.05, 0) is 49.3 Å². The van der Waals surface area contributed by atoms with Crippen molar-refractivity contribution in [3.63, 3.8) is 0 Å². The maximum absolute atomic E-state index is 12.3. The summed E-state index contributed by atoms with van der Waals surface area (Å²) in [4.78, 5) is 26.1. The Morgan fingerprint density at radius 1 is 1.33 bits per heavy atom. The Labute approximate surface area is 123 Å². The number of benzene rings is 1. The molecule has 1 aromatic rings. The molecule has 3 rings (SSSR count). The zero-order valence-corrected chi connectivity index (χ0v) is 12.1. The van der Waals surface area contributed by atoms with Crippen LogP contribution in [0.2, 0.25) is 0 Å². The molecule has 21 heavy (non-hydrogen) atoms. The lowest BCUT2D eigenvalue weighted by molar-refractivity contribution is -0.128. The molecule has 5 nitrogen and oxygen atoms in total. The lowest BCUT2D eigenvalue weighted by atomic mass is 9.76. The fraction of sp³-hybridized carbons (Fsp3) is 0.500. The summed E-state index contributed by atoms with van der Waals surface area (Å²) in [6.07, 6.45) is 3.34. The van der Waals surface area contributed by atoms with E-state index in [4.69, 9.17) is 0 Å². The Morgan fingerprint density at radius 3 is 2.71 bits per heavy atom. The highest BCUT2D eigenvalue weighted by molar-refractivity contribution is 6.07. The van der Waals surface area contributed by atoms with Crippen molar-refractivity contribution in [2.45, 2.75) is 44.7 Å². The van der Waals surface area contributed by atoms with Gasteiger partial charge < -0.3 is 10.0 Å². The molecule has 5 heteroatoms. The van der Waals surface area contributed by atoms with Gasteiger partial charge in [-0.15, -0.1) is 0 Å². The van der Waals surface area contributed by atoms with Gasteiger partial charge in [0.1, 0.15) is 11.3 Å². The number of carbonyl (C=O) groups is 2. The van der Waals surface area contributed by atoms with E-state index in [1.807, 2.05) is 6.07 Å². The number of phenols is 1. The van der Waals surface area contributed by atoms with E-state index in [1.165, 1.54) is 0 Å². The first-order valence-corrected chi connectivity index (χ1v) is 7.42. The SMILES string of the molecule is CC1CCC2(CC1)C(=O)NC(=O)N2Cc1cccc(O)c1. The molecule has 2 aliphatic rings. The van der Waals surface area contributed by atoms with Crippen molar-refractivity contribution >= 4 is 11.9 Å². The largest absolute Gasteiger partial charge is 0.508 e. The number of hydrogen-bond acceptors (Lipinski definition) is 3. The number of aromatic hydroxyl groups is 1. The molecule has 112 valence electrons. The van der Waals surface area contributed by atoms with Gasteiger partial charge in [0.15, 0.2) is 0 Å². The van der Waals surface area contributed by atoms with Gasteiger partial charge >= 0.3 is 6.03 Å². The van der Waals surface area contributed by atoms with Crippen molar-refractivity contribution in [2.75, 3.05) is 0 Å². The third kappa shape index (κ3) is 2.37. The molecule has 2 fully saturated rings. The fourth-order valence-corrected chi connectivity index (χ4v) is 3.40. The van der Waals surface area contributed by atoms with Crippen LogP contribution in [0.25, 0.3) is 0 Å². The van der Waals surface area contributed by atoms with Gasteiger partial charge in [-0.25, -0.2) is 4.79 Å². The number of carbonyl (C=O) groups excluding carboxylic acids is 2. The Hall–Kier alpha value is -2.04. The smallest absolute Gasteiger partial charge is 0.325 e. The summed E-state index contributed by atoms with van der Waals surface area (Å²) < 4.78 is 0. The predicted octanol–water partition coefficient (Wildman–Crippen LogP) is 2.39. The molecular weight excluding hydrogens is 268 g/mol. The second-order valence-electron chi connectivity index (χ2n) is 6.23. The first-order valence-electron chi connectivity index (χ1n) is 7.42. The molecular formula is C16H20N2O3. The monoisotopic (exact) mass is 288 g/mol. The van der Waals surface area contributed by atoms with Crippen LogP contribution in [0.1, 0.15) is 38.2 Å². The van der Waals surface area contributed by atoms with E-state index in [0.29, 0.717) is 25.3 Å². The van der Waals surface area contributed by atoms with E-state index in [9.17, 15) is 14.7 Å². The van der Waals surface area contributed by atoms with Gasteiger partial charge in [0.05, 0.1) is 0 Å². The molecule has 0 bridgehead atoms. The molecule has 0 unspecified atom stereocenters. The van der Waals surface area contributed by atoms with Crippen LogP contribution in [0.5, 0.6) is 5.75 Å². The van der Waals surface area contributed by atoms with Crippen molar-refractivity contribution < 1.29 is 14.7 Å². The van der Waals surface area contributed by atoms with Crippen LogP contribution in [0.15, 0.2) is 24.3 Å². The minimum absolute atomic E-state index is 0.167. The molecule has 1 aromatic carbocycles. The first-order chi connectivity index (χ1) is 10.0. The quantitative estimate of drug-likeness (QED) is 0.821. The average Bonchev–Trinajstić information content (AvgIpc) is 2.66. The highest BCUT2D eigenvalue weighted by atomic mass is 16.3. The zero-order valence-electron chi connectivity index (χ0n) is 12.1. The number of nitrogens with one attached hydrogen (secondary N) is 1. The third-order valence-corrected chi connectivity index (χ3v) is 4.76. The molecule has 0 aromatic heterocycles. The summed E-state index contributed by atoms with van der Waals surface area (Å²) in [6.45, 7) is 2.53. The van der Waals surface area contributed by atoms with Gasteiger partial charge in [0.25, 0.3) is 5.91 Å². The Morgan fingerprint density at radius 2 is 2.05 bits per heavy atom. The Bertz CT molecular complexity index is 577. The second-order valence-corrected chi connectivity index (χ2v) is 6.23. The van der Waals surface area contributed by atoms with E-state index < -0.39 is 5.54 Å². The molecule has 3 amide bonds. The molecule has 1 heterocycles. The van der Waals surface area contributed by atoms with Crippen LogP contribution >= 0.6 is 0 Å². The summed E-state index contributed by atoms with van der Waals surface area (Å²) in [7, 11) is 0. The highest BCUT2D eigenvalue weighted by Crippen LogP contribution is 2.40. The number of urea groups is 1. The first kappa shape index (κ1) is 13.9. The van der Waals surface area contributed by atoms with Gasteiger partial charge in [0.2, 0.25) is 0 Å². The molecule has 0 radical (unpaired) electrons. The minimum Gasteiger partial charge on any atom is -0.508 e. The summed E-state index contributed by atoms with van der Waals surface area (Å²) in [5.74, 6) is 0.603. The summed E-state index contributed by atoms with van der Waals surface area (Å²) in [5, 5.41) is 12.0. The number of rotatable bonds is 2. The Kier molecular flexibility index (Phi) is 3.35. The van der Waals surface area contributed by atoms with Crippen molar-refractivity contribution in [1.29, 1.82) is 0 Å². The normalized spacial score (nSPS) is 29.0. The summed E-state index contributed by atoms with van der Waals surface area (Å²) in [5.41, 5.74) is 0.132. The molecule has 1 saturated carbocycles. The highest BCUT2D eigenvalue weighted by Gasteiger charge is 2.53. The standard InChI is InChI=1S/C16H20N2O3/c1-11-5-7-16(8-6-11)14(20)17-15(21)18(16)10-12-3-2-4-13(19)9-12/h2-4,9,11,19H,5-8,10H2,1H3,(H,17,20,21).